The summed E-state index contributed by atoms with van der Waals surface area (Å²) >= 11 is 0. The van der Waals surface area contributed by atoms with Crippen LogP contribution in [0.3, 0.4) is 0 Å². The molecule has 3 unspecified atom stereocenters. The molecule has 205 valence electrons. The quantitative estimate of drug-likeness (QED) is 0.118. The van der Waals surface area contributed by atoms with E-state index in [4.69, 9.17) is 0 Å². The zero-order valence-corrected chi connectivity index (χ0v) is 27.6. The van der Waals surface area contributed by atoms with Crippen molar-refractivity contribution >= 4 is 24.8 Å². The molecule has 0 aliphatic heterocycles. The van der Waals surface area contributed by atoms with Crippen molar-refractivity contribution in [2.45, 2.75) is 117 Å². The maximum atomic E-state index is 9.94. The molecular formula is C21H48NdO9P3. The summed E-state index contributed by atoms with van der Waals surface area (Å²) in [7, 11) is -8.78. The molecule has 3 atom stereocenters. The van der Waals surface area contributed by atoms with Gasteiger partial charge in [-0.2, -0.15) is 0 Å². The molecule has 0 saturated carbocycles. The van der Waals surface area contributed by atoms with E-state index in [1.165, 1.54) is 57.8 Å². The van der Waals surface area contributed by atoms with Crippen molar-refractivity contribution in [3.63, 3.8) is 0 Å². The van der Waals surface area contributed by atoms with Gasteiger partial charge >= 0.3 is 40.8 Å². The summed E-state index contributed by atoms with van der Waals surface area (Å²) in [5.41, 5.74) is 0. The smallest absolute Gasteiger partial charge is 0.781 e. The maximum absolute atomic E-state index is 9.94. The van der Waals surface area contributed by atoms with Gasteiger partial charge in [0, 0.05) is 0 Å². The van der Waals surface area contributed by atoms with Crippen molar-refractivity contribution in [3.8, 4) is 0 Å². The summed E-state index contributed by atoms with van der Waals surface area (Å²) in [5, 5.41) is 0. The molecule has 0 aromatic heterocycles. The van der Waals surface area contributed by atoms with Gasteiger partial charge in [-0.15, -0.1) is 0 Å². The van der Waals surface area contributed by atoms with Crippen LogP contribution in [0, 0.1) is 40.8 Å². The first-order valence-electron chi connectivity index (χ1n) is 12.3. The van der Waals surface area contributed by atoms with E-state index in [0.29, 0.717) is 19.8 Å². The largest absolute Gasteiger partial charge is 3.00 e. The molecule has 1 radical (unpaired) electrons. The minimum Gasteiger partial charge on any atom is -0.781 e. The summed E-state index contributed by atoms with van der Waals surface area (Å²) in [6, 6.07) is 0. The van der Waals surface area contributed by atoms with Gasteiger partial charge in [-0.05, 0) is 19.3 Å². The molecule has 0 aliphatic carbocycles. The van der Waals surface area contributed by atoms with Crippen molar-refractivity contribution in [2.24, 2.45) is 0 Å². The third-order valence-corrected chi connectivity index (χ3v) is 5.72. The summed E-state index contributed by atoms with van der Waals surface area (Å²) < 4.78 is 43.1. The van der Waals surface area contributed by atoms with Crippen LogP contribution in [0.4, 0.5) is 0 Å². The van der Waals surface area contributed by atoms with Gasteiger partial charge < -0.3 is 41.9 Å². The topological polar surface area (TPSA) is 148 Å². The van der Waals surface area contributed by atoms with E-state index < -0.39 is 24.8 Å². The van der Waals surface area contributed by atoms with Gasteiger partial charge in [0.15, 0.2) is 0 Å². The molecule has 0 rings (SSSR count). The molecule has 0 aliphatic rings. The zero-order valence-electron chi connectivity index (χ0n) is 21.4. The molecule has 0 saturated heterocycles. The summed E-state index contributed by atoms with van der Waals surface area (Å²) in [4.78, 5) is 29.8. The third-order valence-electron chi connectivity index (χ3n) is 4.40. The van der Waals surface area contributed by atoms with E-state index in [1.807, 2.05) is 0 Å². The van der Waals surface area contributed by atoms with Gasteiger partial charge in [-0.3, -0.25) is 0 Å². The van der Waals surface area contributed by atoms with Crippen molar-refractivity contribution in [1.82, 2.24) is 0 Å². The number of rotatable bonds is 21. The van der Waals surface area contributed by atoms with E-state index in [-0.39, 0.29) is 40.8 Å². The Balaban J connectivity index is -0.000000196. The predicted octanol–water partition coefficient (Wildman–Crippen LogP) is 5.17. The first-order valence-corrected chi connectivity index (χ1v) is 16.0. The second-order valence-electron chi connectivity index (χ2n) is 7.54. The fourth-order valence-corrected chi connectivity index (χ4v) is 3.52. The second kappa shape index (κ2) is 39.3. The average Bonchev–Trinajstić information content (AvgIpc) is 2.76. The fourth-order valence-electron chi connectivity index (χ4n) is 2.58. The van der Waals surface area contributed by atoms with Crippen LogP contribution in [0.1, 0.15) is 117 Å². The Morgan fingerprint density at radius 3 is 0.824 bits per heavy atom. The molecule has 0 heterocycles. The van der Waals surface area contributed by atoms with Gasteiger partial charge in [-0.25, -0.2) is 0 Å². The van der Waals surface area contributed by atoms with Crippen molar-refractivity contribution in [3.05, 3.63) is 0 Å². The molecule has 0 spiro atoms. The van der Waals surface area contributed by atoms with E-state index >= 15 is 0 Å². The number of unbranched alkanes of at least 4 members (excludes halogenated alkanes) is 12. The standard InChI is InChI=1S/3C7H17O3P.Nd/c3*1-2-3-4-5-6-7-10-11(8)9;/h3*11H,2-7H2,1H3,(H,8,9);/q;;;+3/p-3. The number of hydrogen-bond acceptors (Lipinski definition) is 9. The molecule has 9 nitrogen and oxygen atoms in total. The molecule has 34 heavy (non-hydrogen) atoms. The van der Waals surface area contributed by atoms with Crippen LogP contribution in [-0.2, 0) is 27.3 Å². The molecular weight excluding hydrogens is 633 g/mol. The minimum atomic E-state index is -2.93. The van der Waals surface area contributed by atoms with Crippen LogP contribution in [0.5, 0.6) is 0 Å². The van der Waals surface area contributed by atoms with E-state index in [1.54, 1.807) is 0 Å². The molecule has 0 aromatic carbocycles. The van der Waals surface area contributed by atoms with Crippen LogP contribution in [0.2, 0.25) is 0 Å². The van der Waals surface area contributed by atoms with Crippen molar-refractivity contribution < 1.29 is 82.8 Å². The summed E-state index contributed by atoms with van der Waals surface area (Å²) in [5.74, 6) is 0. The SMILES string of the molecule is CCCCCCCO[PH](=O)[O-].CCCCCCCO[PH](=O)[O-].CCCCCCCO[PH](=O)[O-].[Nd+3]. The maximum Gasteiger partial charge on any atom is 3.00 e. The Morgan fingerprint density at radius 1 is 0.441 bits per heavy atom. The van der Waals surface area contributed by atoms with E-state index in [9.17, 15) is 28.4 Å². The predicted molar refractivity (Wildman–Crippen MR) is 131 cm³/mol. The van der Waals surface area contributed by atoms with Crippen LogP contribution >= 0.6 is 24.8 Å². The normalized spacial score (nSPS) is 12.9. The molecule has 0 aromatic rings. The first-order chi connectivity index (χ1) is 15.8. The first kappa shape index (κ1) is 42.9. The van der Waals surface area contributed by atoms with Gasteiger partial charge in [0.05, 0.1) is 19.8 Å². The third kappa shape index (κ3) is 54.6. The Bertz CT molecular complexity index is 386. The average molecular weight is 682 g/mol. The molecule has 13 heteroatoms. The van der Waals surface area contributed by atoms with Crippen LogP contribution < -0.4 is 14.7 Å². The summed E-state index contributed by atoms with van der Waals surface area (Å²) in [6.45, 7) is 7.54. The van der Waals surface area contributed by atoms with Gasteiger partial charge in [0.1, 0.15) is 24.8 Å². The van der Waals surface area contributed by atoms with Crippen molar-refractivity contribution in [2.75, 3.05) is 19.8 Å². The molecule has 0 N–H and O–H groups in total. The van der Waals surface area contributed by atoms with Crippen LogP contribution in [0.15, 0.2) is 0 Å². The van der Waals surface area contributed by atoms with Gasteiger partial charge in [0.25, 0.3) is 0 Å². The molecule has 0 amide bonds. The Hall–Kier alpha value is 1.80. The minimum absolute atomic E-state index is 0. The second-order valence-corrected chi connectivity index (χ2v) is 9.90. The Kier molecular flexibility index (Phi) is 49.6. The number of hydrogen-bond donors (Lipinski definition) is 0. The fraction of sp³-hybridized carbons (Fsp3) is 1.00. The van der Waals surface area contributed by atoms with Crippen molar-refractivity contribution in [1.29, 1.82) is 0 Å². The van der Waals surface area contributed by atoms with Crippen LogP contribution in [0.25, 0.3) is 0 Å². The monoisotopic (exact) mass is 679 g/mol. The van der Waals surface area contributed by atoms with Crippen LogP contribution in [-0.4, -0.2) is 19.8 Å². The molecule has 0 bridgehead atoms. The summed E-state index contributed by atoms with van der Waals surface area (Å²) in [6.07, 6.45) is 16.6. The van der Waals surface area contributed by atoms with E-state index in [2.05, 4.69) is 34.3 Å². The van der Waals surface area contributed by atoms with E-state index in [0.717, 1.165) is 38.5 Å². The van der Waals surface area contributed by atoms with Gasteiger partial charge in [-0.1, -0.05) is 97.8 Å². The zero-order chi connectivity index (χ0) is 25.6. The van der Waals surface area contributed by atoms with Gasteiger partial charge in [0.2, 0.25) is 0 Å². The molecule has 0 fully saturated rings. The Morgan fingerprint density at radius 2 is 0.647 bits per heavy atom. The Labute approximate surface area is 242 Å².